The van der Waals surface area contributed by atoms with Gasteiger partial charge in [0.2, 0.25) is 0 Å². The zero-order valence-electron chi connectivity index (χ0n) is 11.7. The Balaban J connectivity index is 1.67. The lowest BCUT2D eigenvalue weighted by Gasteiger charge is -2.23. The van der Waals surface area contributed by atoms with E-state index in [1.165, 1.54) is 18.4 Å². The van der Waals surface area contributed by atoms with Gasteiger partial charge >= 0.3 is 0 Å². The number of benzene rings is 1. The quantitative estimate of drug-likeness (QED) is 0.745. The molecule has 0 saturated heterocycles. The molecule has 4 rings (SSSR count). The number of aromatic nitrogens is 3. The number of nitrogens with two attached hydrogens (primary N) is 1. The number of hydrogen-bond donors (Lipinski definition) is 1. The van der Waals surface area contributed by atoms with Gasteiger partial charge in [0.15, 0.2) is 5.65 Å². The Bertz CT molecular complexity index is 775. The number of hydrogen-bond acceptors (Lipinski definition) is 4. The van der Waals surface area contributed by atoms with E-state index >= 15 is 0 Å². The lowest BCUT2D eigenvalue weighted by atomic mass is 10.2. The van der Waals surface area contributed by atoms with Gasteiger partial charge in [0.1, 0.15) is 5.82 Å². The monoisotopic (exact) mass is 279 g/mol. The SMILES string of the molecule is Nc1cccc(CN(c2ccn3nccc3n2)C2CC2)c1. The van der Waals surface area contributed by atoms with Crippen molar-refractivity contribution in [2.45, 2.75) is 25.4 Å². The minimum Gasteiger partial charge on any atom is -0.399 e. The summed E-state index contributed by atoms with van der Waals surface area (Å²) in [4.78, 5) is 7.07. The summed E-state index contributed by atoms with van der Waals surface area (Å²) in [7, 11) is 0. The minimum atomic E-state index is 0.587. The van der Waals surface area contributed by atoms with Gasteiger partial charge in [-0.15, -0.1) is 0 Å². The van der Waals surface area contributed by atoms with E-state index in [4.69, 9.17) is 10.7 Å². The summed E-state index contributed by atoms with van der Waals surface area (Å²) in [6, 6.07) is 12.6. The predicted octanol–water partition coefficient (Wildman–Crippen LogP) is 2.48. The van der Waals surface area contributed by atoms with Gasteiger partial charge in [-0.2, -0.15) is 5.10 Å². The van der Waals surface area contributed by atoms with Crippen molar-refractivity contribution in [2.75, 3.05) is 10.6 Å². The van der Waals surface area contributed by atoms with E-state index in [0.29, 0.717) is 6.04 Å². The molecule has 2 heterocycles. The van der Waals surface area contributed by atoms with Crippen LogP contribution in [0.25, 0.3) is 5.65 Å². The van der Waals surface area contributed by atoms with Crippen molar-refractivity contribution in [1.82, 2.24) is 14.6 Å². The highest BCUT2D eigenvalue weighted by Gasteiger charge is 2.30. The normalized spacial score (nSPS) is 14.5. The molecule has 1 fully saturated rings. The van der Waals surface area contributed by atoms with E-state index in [-0.39, 0.29) is 0 Å². The summed E-state index contributed by atoms with van der Waals surface area (Å²) in [5, 5.41) is 4.19. The average Bonchev–Trinajstić information content (AvgIpc) is 3.21. The van der Waals surface area contributed by atoms with Gasteiger partial charge in [0.05, 0.1) is 6.20 Å². The van der Waals surface area contributed by atoms with E-state index in [2.05, 4.69) is 16.1 Å². The fourth-order valence-corrected chi connectivity index (χ4v) is 2.63. The second-order valence-corrected chi connectivity index (χ2v) is 5.52. The van der Waals surface area contributed by atoms with Gasteiger partial charge in [0, 0.05) is 30.5 Å². The number of nitrogens with zero attached hydrogens (tertiary/aromatic N) is 4. The van der Waals surface area contributed by atoms with Gasteiger partial charge < -0.3 is 10.6 Å². The third kappa shape index (κ3) is 2.42. The van der Waals surface area contributed by atoms with Crippen molar-refractivity contribution in [3.05, 3.63) is 54.4 Å². The van der Waals surface area contributed by atoms with Gasteiger partial charge in [0.25, 0.3) is 0 Å². The predicted molar refractivity (Wildman–Crippen MR) is 83.0 cm³/mol. The van der Waals surface area contributed by atoms with Crippen LogP contribution in [0, 0.1) is 0 Å². The molecule has 5 nitrogen and oxygen atoms in total. The minimum absolute atomic E-state index is 0.587. The second kappa shape index (κ2) is 4.77. The van der Waals surface area contributed by atoms with Crippen LogP contribution in [0.2, 0.25) is 0 Å². The van der Waals surface area contributed by atoms with Crippen molar-refractivity contribution in [3.63, 3.8) is 0 Å². The molecule has 3 aromatic rings. The molecule has 106 valence electrons. The average molecular weight is 279 g/mol. The molecule has 0 bridgehead atoms. The van der Waals surface area contributed by atoms with Gasteiger partial charge in [-0.1, -0.05) is 12.1 Å². The van der Waals surface area contributed by atoms with Crippen LogP contribution in [0.5, 0.6) is 0 Å². The molecule has 21 heavy (non-hydrogen) atoms. The first kappa shape index (κ1) is 12.2. The molecule has 1 aromatic carbocycles. The van der Waals surface area contributed by atoms with Crippen LogP contribution >= 0.6 is 0 Å². The Hall–Kier alpha value is -2.56. The molecule has 1 aliphatic rings. The van der Waals surface area contributed by atoms with Crippen molar-refractivity contribution in [1.29, 1.82) is 0 Å². The lowest BCUT2D eigenvalue weighted by molar-refractivity contribution is 0.774. The Morgan fingerprint density at radius 1 is 1.24 bits per heavy atom. The molecule has 1 aliphatic carbocycles. The molecule has 1 saturated carbocycles. The summed E-state index contributed by atoms with van der Waals surface area (Å²) < 4.78 is 1.79. The van der Waals surface area contributed by atoms with Gasteiger partial charge in [-0.25, -0.2) is 9.50 Å². The summed E-state index contributed by atoms with van der Waals surface area (Å²) in [5.41, 5.74) is 8.79. The Labute approximate surface area is 123 Å². The van der Waals surface area contributed by atoms with Crippen molar-refractivity contribution >= 4 is 17.2 Å². The highest BCUT2D eigenvalue weighted by Crippen LogP contribution is 2.32. The maximum Gasteiger partial charge on any atom is 0.157 e. The molecule has 0 atom stereocenters. The van der Waals surface area contributed by atoms with E-state index in [1.807, 2.05) is 36.5 Å². The molecular weight excluding hydrogens is 262 g/mol. The number of anilines is 2. The Kier molecular flexibility index (Phi) is 2.77. The molecule has 0 unspecified atom stereocenters. The molecule has 0 aliphatic heterocycles. The van der Waals surface area contributed by atoms with Crippen molar-refractivity contribution < 1.29 is 0 Å². The standard InChI is InChI=1S/C16H17N5/c17-13-3-1-2-12(10-13)11-20(14-4-5-14)15-7-9-21-16(19-15)6-8-18-21/h1-3,6-10,14H,4-5,11,17H2. The van der Waals surface area contributed by atoms with Gasteiger partial charge in [-0.3, -0.25) is 0 Å². The first-order valence-corrected chi connectivity index (χ1v) is 7.21. The van der Waals surface area contributed by atoms with Crippen molar-refractivity contribution in [2.24, 2.45) is 0 Å². The van der Waals surface area contributed by atoms with Crippen molar-refractivity contribution in [3.8, 4) is 0 Å². The fraction of sp³-hybridized carbons (Fsp3) is 0.250. The maximum absolute atomic E-state index is 5.88. The van der Waals surface area contributed by atoms with Crippen LogP contribution in [-0.4, -0.2) is 20.6 Å². The topological polar surface area (TPSA) is 59.5 Å². The lowest BCUT2D eigenvalue weighted by Crippen LogP contribution is -2.26. The maximum atomic E-state index is 5.88. The summed E-state index contributed by atoms with van der Waals surface area (Å²) in [6.07, 6.45) is 6.20. The van der Waals surface area contributed by atoms with Crippen LogP contribution < -0.4 is 10.6 Å². The van der Waals surface area contributed by atoms with Crippen LogP contribution in [0.15, 0.2) is 48.8 Å². The van der Waals surface area contributed by atoms with Gasteiger partial charge in [-0.05, 0) is 36.6 Å². The van der Waals surface area contributed by atoms with Crippen LogP contribution in [-0.2, 0) is 6.54 Å². The van der Waals surface area contributed by atoms with E-state index in [1.54, 1.807) is 10.7 Å². The Morgan fingerprint density at radius 3 is 2.95 bits per heavy atom. The third-order valence-corrected chi connectivity index (χ3v) is 3.83. The molecule has 2 aromatic heterocycles. The molecular formula is C16H17N5. The molecule has 0 amide bonds. The molecule has 5 heteroatoms. The number of nitrogen functional groups attached to an aromatic ring is 1. The molecule has 0 radical (unpaired) electrons. The smallest absolute Gasteiger partial charge is 0.157 e. The highest BCUT2D eigenvalue weighted by molar-refractivity contribution is 5.50. The molecule has 0 spiro atoms. The summed E-state index contributed by atoms with van der Waals surface area (Å²) in [6.45, 7) is 0.840. The molecule has 2 N–H and O–H groups in total. The number of rotatable bonds is 4. The zero-order chi connectivity index (χ0) is 14.2. The summed E-state index contributed by atoms with van der Waals surface area (Å²) in [5.74, 6) is 1.01. The third-order valence-electron chi connectivity index (χ3n) is 3.83. The summed E-state index contributed by atoms with van der Waals surface area (Å²) >= 11 is 0. The van der Waals surface area contributed by atoms with Crippen LogP contribution in [0.4, 0.5) is 11.5 Å². The van der Waals surface area contributed by atoms with E-state index < -0.39 is 0 Å². The van der Waals surface area contributed by atoms with E-state index in [0.717, 1.165) is 23.7 Å². The largest absolute Gasteiger partial charge is 0.399 e. The fourth-order valence-electron chi connectivity index (χ4n) is 2.63. The van der Waals surface area contributed by atoms with Crippen LogP contribution in [0.3, 0.4) is 0 Å². The number of fused-ring (bicyclic) bond motifs is 1. The van der Waals surface area contributed by atoms with Crippen LogP contribution in [0.1, 0.15) is 18.4 Å². The first-order chi connectivity index (χ1) is 10.3. The second-order valence-electron chi connectivity index (χ2n) is 5.52. The van der Waals surface area contributed by atoms with E-state index in [9.17, 15) is 0 Å². The highest BCUT2D eigenvalue weighted by atomic mass is 15.3. The first-order valence-electron chi connectivity index (χ1n) is 7.21. The Morgan fingerprint density at radius 2 is 2.14 bits per heavy atom. The zero-order valence-corrected chi connectivity index (χ0v) is 11.7.